The second-order valence-electron chi connectivity index (χ2n) is 6.58. The Morgan fingerprint density at radius 3 is 2.96 bits per heavy atom. The molecule has 1 aromatic carbocycles. The summed E-state index contributed by atoms with van der Waals surface area (Å²) in [6.45, 7) is 2.23. The van der Waals surface area contributed by atoms with Crippen molar-refractivity contribution < 1.29 is 9.53 Å². The van der Waals surface area contributed by atoms with Crippen LogP contribution in [0.2, 0.25) is 0 Å². The molecule has 2 aromatic heterocycles. The predicted octanol–water partition coefficient (Wildman–Crippen LogP) is 5.05. The maximum absolute atomic E-state index is 12.5. The van der Waals surface area contributed by atoms with Crippen molar-refractivity contribution in [1.82, 2.24) is 4.57 Å². The minimum absolute atomic E-state index is 0.239. The fraction of sp³-hybridized carbons (Fsp3) is 0.333. The molecule has 0 spiro atoms. The minimum Gasteiger partial charge on any atom is -0.462 e. The number of aryl methyl sites for hydroxylation is 2. The molecule has 0 saturated heterocycles. The molecule has 5 heteroatoms. The number of nitrogens with zero attached hydrogens (tertiary/aromatic N) is 2. The summed E-state index contributed by atoms with van der Waals surface area (Å²) < 4.78 is 7.41. The molecule has 2 heterocycles. The summed E-state index contributed by atoms with van der Waals surface area (Å²) in [5.74, 6) is -0.239. The minimum atomic E-state index is -0.239. The average molecular weight is 366 g/mol. The van der Waals surface area contributed by atoms with Crippen molar-refractivity contribution in [3.63, 3.8) is 0 Å². The van der Waals surface area contributed by atoms with Gasteiger partial charge in [-0.3, -0.25) is 0 Å². The van der Waals surface area contributed by atoms with Crippen molar-refractivity contribution in [2.45, 2.75) is 32.6 Å². The van der Waals surface area contributed by atoms with Gasteiger partial charge in [0.25, 0.3) is 0 Å². The number of esters is 1. The molecule has 4 nitrogen and oxygen atoms in total. The maximum Gasteiger partial charge on any atom is 0.341 e. The van der Waals surface area contributed by atoms with Crippen LogP contribution in [-0.4, -0.2) is 23.4 Å². The first-order valence-corrected chi connectivity index (χ1v) is 9.90. The summed E-state index contributed by atoms with van der Waals surface area (Å²) in [6, 6.07) is 8.27. The molecule has 0 unspecified atom stereocenters. The van der Waals surface area contributed by atoms with Gasteiger partial charge in [0.05, 0.1) is 12.2 Å². The number of hydrogen-bond acceptors (Lipinski definition) is 4. The molecule has 3 aromatic rings. The molecule has 0 amide bonds. The zero-order chi connectivity index (χ0) is 18.1. The predicted molar refractivity (Wildman–Crippen MR) is 107 cm³/mol. The Morgan fingerprint density at radius 2 is 2.12 bits per heavy atom. The Labute approximate surface area is 157 Å². The lowest BCUT2D eigenvalue weighted by Crippen LogP contribution is -2.09. The van der Waals surface area contributed by atoms with Crippen LogP contribution in [0.25, 0.3) is 10.9 Å². The number of ether oxygens (including phenoxy) is 1. The molecular weight excluding hydrogens is 344 g/mol. The highest BCUT2D eigenvalue weighted by Crippen LogP contribution is 2.40. The van der Waals surface area contributed by atoms with E-state index in [-0.39, 0.29) is 5.97 Å². The molecule has 0 atom stereocenters. The Bertz CT molecular complexity index is 997. The van der Waals surface area contributed by atoms with E-state index in [9.17, 15) is 4.79 Å². The van der Waals surface area contributed by atoms with Crippen LogP contribution >= 0.6 is 11.3 Å². The number of carbonyl (C=O) groups excluding carboxylic acids is 1. The highest BCUT2D eigenvalue weighted by atomic mass is 32.1. The van der Waals surface area contributed by atoms with Gasteiger partial charge in [0.1, 0.15) is 5.00 Å². The van der Waals surface area contributed by atoms with E-state index < -0.39 is 0 Å². The van der Waals surface area contributed by atoms with E-state index in [1.807, 2.05) is 32.3 Å². The number of rotatable bonds is 4. The number of carbonyl (C=O) groups is 1. The Balaban J connectivity index is 1.76. The van der Waals surface area contributed by atoms with Gasteiger partial charge >= 0.3 is 5.97 Å². The third-order valence-corrected chi connectivity index (χ3v) is 6.08. The van der Waals surface area contributed by atoms with Gasteiger partial charge < -0.3 is 9.30 Å². The standard InChI is InChI=1S/C21H22N2O2S/c1-3-25-21(24)19-16-9-5-7-11-18(16)26-20(19)22-12-14-13-23(2)17-10-6-4-8-15(14)17/h4,6,8,10,12-13H,3,5,7,9,11H2,1-2H3. The third kappa shape index (κ3) is 2.97. The molecule has 4 rings (SSSR count). The second kappa shape index (κ2) is 7.08. The van der Waals surface area contributed by atoms with E-state index in [1.165, 1.54) is 16.8 Å². The Morgan fingerprint density at radius 1 is 1.31 bits per heavy atom. The molecule has 0 radical (unpaired) electrons. The van der Waals surface area contributed by atoms with Crippen molar-refractivity contribution in [1.29, 1.82) is 0 Å². The van der Waals surface area contributed by atoms with Gasteiger partial charge in [-0.05, 0) is 44.2 Å². The lowest BCUT2D eigenvalue weighted by atomic mass is 9.95. The average Bonchev–Trinajstić information content (AvgIpc) is 3.18. The largest absolute Gasteiger partial charge is 0.462 e. The van der Waals surface area contributed by atoms with Crippen LogP contribution in [0.3, 0.4) is 0 Å². The van der Waals surface area contributed by atoms with Gasteiger partial charge in [0, 0.05) is 40.8 Å². The lowest BCUT2D eigenvalue weighted by molar-refractivity contribution is 0.0526. The third-order valence-electron chi connectivity index (χ3n) is 4.88. The molecular formula is C21H22N2O2S. The molecule has 1 aliphatic rings. The summed E-state index contributed by atoms with van der Waals surface area (Å²) in [6.07, 6.45) is 8.25. The first-order chi connectivity index (χ1) is 12.7. The first-order valence-electron chi connectivity index (χ1n) is 9.08. The summed E-state index contributed by atoms with van der Waals surface area (Å²) >= 11 is 1.64. The molecule has 0 fully saturated rings. The zero-order valence-electron chi connectivity index (χ0n) is 15.1. The number of fused-ring (bicyclic) bond motifs is 2. The van der Waals surface area contributed by atoms with Crippen LogP contribution < -0.4 is 0 Å². The number of thiophene rings is 1. The second-order valence-corrected chi connectivity index (χ2v) is 7.67. The van der Waals surface area contributed by atoms with Crippen molar-refractivity contribution in [2.75, 3.05) is 6.61 Å². The fourth-order valence-electron chi connectivity index (χ4n) is 3.66. The number of aliphatic imine (C=N–C) groups is 1. The maximum atomic E-state index is 12.5. The van der Waals surface area contributed by atoms with Gasteiger partial charge in [0.15, 0.2) is 0 Å². The van der Waals surface area contributed by atoms with E-state index in [2.05, 4.69) is 22.9 Å². The van der Waals surface area contributed by atoms with E-state index in [0.717, 1.165) is 40.8 Å². The molecule has 0 bridgehead atoms. The Hall–Kier alpha value is -2.40. The summed E-state index contributed by atoms with van der Waals surface area (Å²) in [5.41, 5.74) is 4.07. The number of para-hydroxylation sites is 1. The zero-order valence-corrected chi connectivity index (χ0v) is 15.9. The van der Waals surface area contributed by atoms with Crippen molar-refractivity contribution in [3.05, 3.63) is 52.0 Å². The van der Waals surface area contributed by atoms with Gasteiger partial charge in [-0.25, -0.2) is 9.79 Å². The normalized spacial score (nSPS) is 14.1. The SMILES string of the molecule is CCOC(=O)c1c(N=Cc2cn(C)c3ccccc23)sc2c1CCCC2. The van der Waals surface area contributed by atoms with Crippen LogP contribution in [0.15, 0.2) is 35.5 Å². The van der Waals surface area contributed by atoms with Crippen molar-refractivity contribution in [2.24, 2.45) is 12.0 Å². The topological polar surface area (TPSA) is 43.6 Å². The smallest absolute Gasteiger partial charge is 0.341 e. The molecule has 1 aliphatic carbocycles. The highest BCUT2D eigenvalue weighted by Gasteiger charge is 2.26. The van der Waals surface area contributed by atoms with Crippen LogP contribution in [0.4, 0.5) is 5.00 Å². The van der Waals surface area contributed by atoms with Crippen molar-refractivity contribution in [3.8, 4) is 0 Å². The van der Waals surface area contributed by atoms with Gasteiger partial charge in [-0.15, -0.1) is 11.3 Å². The Kier molecular flexibility index (Phi) is 4.64. The molecule has 134 valence electrons. The first kappa shape index (κ1) is 17.0. The van der Waals surface area contributed by atoms with Crippen molar-refractivity contribution >= 4 is 39.4 Å². The molecule has 26 heavy (non-hydrogen) atoms. The van der Waals surface area contributed by atoms with Crippen LogP contribution in [-0.2, 0) is 24.6 Å². The van der Waals surface area contributed by atoms with Gasteiger partial charge in [0.2, 0.25) is 0 Å². The fourth-order valence-corrected chi connectivity index (χ4v) is 4.88. The van der Waals surface area contributed by atoms with E-state index in [1.54, 1.807) is 11.3 Å². The number of aromatic nitrogens is 1. The summed E-state index contributed by atoms with van der Waals surface area (Å²) in [7, 11) is 2.04. The monoisotopic (exact) mass is 366 g/mol. The molecule has 0 N–H and O–H groups in total. The molecule has 0 aliphatic heterocycles. The van der Waals surface area contributed by atoms with Crippen LogP contribution in [0.5, 0.6) is 0 Å². The number of benzene rings is 1. The van der Waals surface area contributed by atoms with Crippen LogP contribution in [0, 0.1) is 0 Å². The van der Waals surface area contributed by atoms with Gasteiger partial charge in [-0.1, -0.05) is 18.2 Å². The van der Waals surface area contributed by atoms with E-state index in [0.29, 0.717) is 12.2 Å². The van der Waals surface area contributed by atoms with E-state index >= 15 is 0 Å². The van der Waals surface area contributed by atoms with Crippen LogP contribution in [0.1, 0.15) is 46.1 Å². The molecule has 0 saturated carbocycles. The summed E-state index contributed by atoms with van der Waals surface area (Å²) in [5, 5.41) is 1.95. The number of hydrogen-bond donors (Lipinski definition) is 0. The lowest BCUT2D eigenvalue weighted by Gasteiger charge is -2.11. The van der Waals surface area contributed by atoms with E-state index in [4.69, 9.17) is 9.73 Å². The van der Waals surface area contributed by atoms with Gasteiger partial charge in [-0.2, -0.15) is 0 Å². The quantitative estimate of drug-likeness (QED) is 0.479. The highest BCUT2D eigenvalue weighted by molar-refractivity contribution is 7.16. The summed E-state index contributed by atoms with van der Waals surface area (Å²) in [4.78, 5) is 18.6.